The molecule has 10 aromatic rings. The van der Waals surface area contributed by atoms with E-state index in [1.54, 1.807) is 0 Å². The molecule has 0 atom stereocenters. The Morgan fingerprint density at radius 1 is 0.351 bits per heavy atom. The second kappa shape index (κ2) is 14.8. The van der Waals surface area contributed by atoms with Crippen LogP contribution >= 0.6 is 0 Å². The molecular weight excluding hydrogens is 689 g/mol. The summed E-state index contributed by atoms with van der Waals surface area (Å²) in [6.07, 6.45) is 5.77. The lowest BCUT2D eigenvalue weighted by atomic mass is 9.99. The van der Waals surface area contributed by atoms with Crippen LogP contribution in [0.25, 0.3) is 88.4 Å². The lowest BCUT2D eigenvalue weighted by Gasteiger charge is -2.15. The lowest BCUT2D eigenvalue weighted by Crippen LogP contribution is -1.97. The number of nitrogens with zero attached hydrogens (tertiary/aromatic N) is 2. The zero-order valence-electron chi connectivity index (χ0n) is 32.8. The molecule has 0 bridgehead atoms. The molecule has 10 rings (SSSR count). The minimum Gasteiger partial charge on any atom is -0.309 e. The van der Waals surface area contributed by atoms with Gasteiger partial charge in [-0.3, -0.25) is 0 Å². The van der Waals surface area contributed by atoms with E-state index in [0.29, 0.717) is 0 Å². The number of para-hydroxylation sites is 3. The molecule has 2 heterocycles. The molecule has 2 aromatic heterocycles. The van der Waals surface area contributed by atoms with Gasteiger partial charge in [0.25, 0.3) is 0 Å². The standard InChI is InChI=1S/C55H46N2/c1-3-5-16-39-18-12-19-40(33-39)41-20-14-22-45(35-41)56-52-27-10-7-24-47(52)49-36-42(29-31-54(49)56)43-30-32-55-50(37-43)48-25-8-11-28-53(48)57(55)51-26-9-6-23-46(51)44-21-13-17-38(34-44)15-4-2/h6-14,17-37H,3-5,15-16H2,1-2H3. The molecule has 0 spiro atoms. The maximum absolute atomic E-state index is 2.46. The number of hydrogen-bond donors (Lipinski definition) is 0. The van der Waals surface area contributed by atoms with Crippen LogP contribution in [0, 0.1) is 0 Å². The Labute approximate surface area is 335 Å². The molecular formula is C55H46N2. The van der Waals surface area contributed by atoms with Crippen molar-refractivity contribution in [2.75, 3.05) is 0 Å². The monoisotopic (exact) mass is 734 g/mol. The van der Waals surface area contributed by atoms with Gasteiger partial charge in [-0.15, -0.1) is 0 Å². The first-order valence-corrected chi connectivity index (χ1v) is 20.6. The first-order valence-electron chi connectivity index (χ1n) is 20.6. The SMILES string of the molecule is CCCCc1cccc(-c2cccc(-n3c4ccccc4c4cc(-c5ccc6c(c5)c5ccccc5n6-c5ccccc5-c5cccc(CCC)c5)ccc43)c2)c1. The maximum Gasteiger partial charge on any atom is 0.0541 e. The number of hydrogen-bond acceptors (Lipinski definition) is 0. The minimum atomic E-state index is 1.09. The Hall–Kier alpha value is -6.64. The quantitative estimate of drug-likeness (QED) is 0.132. The largest absolute Gasteiger partial charge is 0.309 e. The first kappa shape index (κ1) is 34.8. The topological polar surface area (TPSA) is 9.86 Å². The van der Waals surface area contributed by atoms with Crippen LogP contribution in [-0.4, -0.2) is 9.13 Å². The van der Waals surface area contributed by atoms with Gasteiger partial charge in [-0.2, -0.15) is 0 Å². The molecule has 0 N–H and O–H groups in total. The van der Waals surface area contributed by atoms with Crippen LogP contribution in [0.5, 0.6) is 0 Å². The number of aryl methyl sites for hydroxylation is 2. The molecule has 57 heavy (non-hydrogen) atoms. The highest BCUT2D eigenvalue weighted by Crippen LogP contribution is 2.40. The normalized spacial score (nSPS) is 11.7. The highest BCUT2D eigenvalue weighted by molar-refractivity contribution is 6.13. The Kier molecular flexibility index (Phi) is 9.03. The van der Waals surface area contributed by atoms with Gasteiger partial charge >= 0.3 is 0 Å². The van der Waals surface area contributed by atoms with E-state index >= 15 is 0 Å². The summed E-state index contributed by atoms with van der Waals surface area (Å²) in [6, 6.07) is 67.8. The van der Waals surface area contributed by atoms with Crippen molar-refractivity contribution in [3.05, 3.63) is 193 Å². The van der Waals surface area contributed by atoms with E-state index in [4.69, 9.17) is 0 Å². The van der Waals surface area contributed by atoms with Crippen LogP contribution in [0.1, 0.15) is 44.2 Å². The fourth-order valence-electron chi connectivity index (χ4n) is 9.05. The van der Waals surface area contributed by atoms with Gasteiger partial charge in [0.2, 0.25) is 0 Å². The van der Waals surface area contributed by atoms with Crippen molar-refractivity contribution >= 4 is 43.6 Å². The van der Waals surface area contributed by atoms with E-state index in [0.717, 1.165) is 19.3 Å². The zero-order valence-corrected chi connectivity index (χ0v) is 32.8. The lowest BCUT2D eigenvalue weighted by molar-refractivity contribution is 0.795. The highest BCUT2D eigenvalue weighted by atomic mass is 15.0. The third-order valence-corrected chi connectivity index (χ3v) is 11.8. The summed E-state index contributed by atoms with van der Waals surface area (Å²) in [5.74, 6) is 0. The van der Waals surface area contributed by atoms with Crippen molar-refractivity contribution in [1.29, 1.82) is 0 Å². The van der Waals surface area contributed by atoms with Crippen molar-refractivity contribution in [3.8, 4) is 44.8 Å². The molecule has 0 amide bonds. The molecule has 0 fully saturated rings. The Morgan fingerprint density at radius 2 is 0.877 bits per heavy atom. The van der Waals surface area contributed by atoms with Crippen molar-refractivity contribution in [2.45, 2.75) is 46.0 Å². The number of fused-ring (bicyclic) bond motifs is 6. The zero-order chi connectivity index (χ0) is 38.3. The predicted molar refractivity (Wildman–Crippen MR) is 244 cm³/mol. The molecule has 2 nitrogen and oxygen atoms in total. The average Bonchev–Trinajstić information content (AvgIpc) is 3.78. The van der Waals surface area contributed by atoms with Crippen molar-refractivity contribution in [2.24, 2.45) is 0 Å². The second-order valence-corrected chi connectivity index (χ2v) is 15.5. The molecule has 0 radical (unpaired) electrons. The molecule has 0 saturated heterocycles. The van der Waals surface area contributed by atoms with E-state index in [1.165, 1.54) is 112 Å². The Balaban J connectivity index is 1.09. The molecule has 2 heteroatoms. The Bertz CT molecular complexity index is 3080. The van der Waals surface area contributed by atoms with Crippen LogP contribution in [0.15, 0.2) is 182 Å². The maximum atomic E-state index is 2.46. The molecule has 0 aliphatic rings. The summed E-state index contributed by atoms with van der Waals surface area (Å²) in [7, 11) is 0. The summed E-state index contributed by atoms with van der Waals surface area (Å²) in [4.78, 5) is 0. The van der Waals surface area contributed by atoms with Gasteiger partial charge in [-0.05, 0) is 113 Å². The predicted octanol–water partition coefficient (Wildman–Crippen LogP) is 15.2. The summed E-state index contributed by atoms with van der Waals surface area (Å²) >= 11 is 0. The number of unbranched alkanes of at least 4 members (excludes halogenated alkanes) is 1. The van der Waals surface area contributed by atoms with E-state index < -0.39 is 0 Å². The molecule has 276 valence electrons. The summed E-state index contributed by atoms with van der Waals surface area (Å²) < 4.78 is 4.90. The van der Waals surface area contributed by atoms with Crippen LogP contribution in [0.3, 0.4) is 0 Å². The molecule has 0 aliphatic heterocycles. The van der Waals surface area contributed by atoms with E-state index in [2.05, 4.69) is 205 Å². The van der Waals surface area contributed by atoms with E-state index in [1.807, 2.05) is 0 Å². The van der Waals surface area contributed by atoms with Crippen LogP contribution in [-0.2, 0) is 12.8 Å². The van der Waals surface area contributed by atoms with Crippen LogP contribution in [0.2, 0.25) is 0 Å². The average molecular weight is 735 g/mol. The van der Waals surface area contributed by atoms with Crippen molar-refractivity contribution in [1.82, 2.24) is 9.13 Å². The summed E-state index contributed by atoms with van der Waals surface area (Å²) in [5, 5.41) is 5.04. The third kappa shape index (κ3) is 6.23. The van der Waals surface area contributed by atoms with E-state index in [9.17, 15) is 0 Å². The minimum absolute atomic E-state index is 1.09. The second-order valence-electron chi connectivity index (χ2n) is 15.5. The van der Waals surface area contributed by atoms with Gasteiger partial charge in [-0.25, -0.2) is 0 Å². The fourth-order valence-corrected chi connectivity index (χ4v) is 9.05. The summed E-state index contributed by atoms with van der Waals surface area (Å²) in [5.41, 5.74) is 17.5. The first-order chi connectivity index (χ1) is 28.2. The number of benzene rings is 8. The summed E-state index contributed by atoms with van der Waals surface area (Å²) in [6.45, 7) is 4.51. The van der Waals surface area contributed by atoms with Gasteiger partial charge in [0, 0.05) is 32.8 Å². The van der Waals surface area contributed by atoms with Gasteiger partial charge < -0.3 is 9.13 Å². The molecule has 8 aromatic carbocycles. The van der Waals surface area contributed by atoms with Gasteiger partial charge in [0.1, 0.15) is 0 Å². The van der Waals surface area contributed by atoms with Crippen LogP contribution in [0.4, 0.5) is 0 Å². The highest BCUT2D eigenvalue weighted by Gasteiger charge is 2.18. The van der Waals surface area contributed by atoms with Crippen molar-refractivity contribution in [3.63, 3.8) is 0 Å². The van der Waals surface area contributed by atoms with Crippen LogP contribution < -0.4 is 0 Å². The van der Waals surface area contributed by atoms with Gasteiger partial charge in [-0.1, -0.05) is 154 Å². The number of rotatable bonds is 10. The fraction of sp³-hybridized carbons (Fsp3) is 0.127. The van der Waals surface area contributed by atoms with Gasteiger partial charge in [0.15, 0.2) is 0 Å². The van der Waals surface area contributed by atoms with Gasteiger partial charge in [0.05, 0.1) is 27.8 Å². The Morgan fingerprint density at radius 3 is 1.58 bits per heavy atom. The molecule has 0 saturated carbocycles. The number of aromatic nitrogens is 2. The third-order valence-electron chi connectivity index (χ3n) is 11.8. The molecule has 0 aliphatic carbocycles. The smallest absolute Gasteiger partial charge is 0.0541 e. The van der Waals surface area contributed by atoms with E-state index in [-0.39, 0.29) is 0 Å². The van der Waals surface area contributed by atoms with Crippen molar-refractivity contribution < 1.29 is 0 Å². The molecule has 0 unspecified atom stereocenters.